The molecule has 3 nitrogen and oxygen atoms in total. The van der Waals surface area contributed by atoms with Crippen molar-refractivity contribution in [2.45, 2.75) is 96.8 Å². The third-order valence-corrected chi connectivity index (χ3v) is 5.12. The second-order valence-corrected chi connectivity index (χ2v) is 7.53. The van der Waals surface area contributed by atoms with Crippen molar-refractivity contribution in [2.75, 3.05) is 13.7 Å². The molecule has 1 aromatic rings. The monoisotopic (exact) mass is 375 g/mol. The van der Waals surface area contributed by atoms with Crippen LogP contribution in [0.4, 0.5) is 0 Å². The van der Waals surface area contributed by atoms with Gasteiger partial charge in [0.2, 0.25) is 0 Å². The van der Waals surface area contributed by atoms with E-state index in [0.29, 0.717) is 5.75 Å². The summed E-state index contributed by atoms with van der Waals surface area (Å²) in [5.74, 6) is 0.667. The lowest BCUT2D eigenvalue weighted by molar-refractivity contribution is 0.373. The summed E-state index contributed by atoms with van der Waals surface area (Å²) in [5.41, 5.74) is 0.722. The van der Waals surface area contributed by atoms with E-state index in [1.807, 2.05) is 12.1 Å². The van der Waals surface area contributed by atoms with Crippen molar-refractivity contribution < 1.29 is 9.84 Å². The molecule has 27 heavy (non-hydrogen) atoms. The molecule has 0 atom stereocenters. The highest BCUT2D eigenvalue weighted by Gasteiger charge is 2.04. The Morgan fingerprint density at radius 1 is 0.815 bits per heavy atom. The summed E-state index contributed by atoms with van der Waals surface area (Å²) in [6, 6.07) is 5.47. The van der Waals surface area contributed by atoms with Crippen LogP contribution in [0.2, 0.25) is 0 Å². The minimum absolute atomic E-state index is 0.171. The first kappa shape index (κ1) is 23.5. The van der Waals surface area contributed by atoms with Crippen LogP contribution in [-0.2, 0) is 0 Å². The second kappa shape index (κ2) is 16.6. The molecule has 154 valence electrons. The molecule has 0 amide bonds. The van der Waals surface area contributed by atoms with E-state index in [4.69, 9.17) is 4.74 Å². The summed E-state index contributed by atoms with van der Waals surface area (Å²) >= 11 is 0. The van der Waals surface area contributed by atoms with Gasteiger partial charge in [-0.25, -0.2) is 0 Å². The Morgan fingerprint density at radius 3 is 1.85 bits per heavy atom. The Morgan fingerprint density at radius 2 is 1.33 bits per heavy atom. The number of ether oxygens (including phenoxy) is 1. The van der Waals surface area contributed by atoms with Gasteiger partial charge in [0.05, 0.1) is 7.11 Å². The molecule has 0 bridgehead atoms. The van der Waals surface area contributed by atoms with Gasteiger partial charge in [-0.3, -0.25) is 4.99 Å². The number of aliphatic imine (C=N–C) groups is 1. The summed E-state index contributed by atoms with van der Waals surface area (Å²) < 4.78 is 5.11. The normalized spacial score (nSPS) is 11.3. The van der Waals surface area contributed by atoms with Gasteiger partial charge in [-0.05, 0) is 18.6 Å². The van der Waals surface area contributed by atoms with E-state index < -0.39 is 0 Å². The van der Waals surface area contributed by atoms with Crippen LogP contribution in [-0.4, -0.2) is 25.0 Å². The molecule has 0 spiro atoms. The second-order valence-electron chi connectivity index (χ2n) is 7.53. The van der Waals surface area contributed by atoms with Gasteiger partial charge in [-0.15, -0.1) is 0 Å². The van der Waals surface area contributed by atoms with E-state index in [0.717, 1.165) is 18.5 Å². The smallest absolute Gasteiger partial charge is 0.166 e. The van der Waals surface area contributed by atoms with Crippen molar-refractivity contribution in [1.29, 1.82) is 0 Å². The fourth-order valence-corrected chi connectivity index (χ4v) is 3.37. The first-order valence-electron chi connectivity index (χ1n) is 11.2. The maximum Gasteiger partial charge on any atom is 0.166 e. The minimum atomic E-state index is 0.171. The fourth-order valence-electron chi connectivity index (χ4n) is 3.37. The van der Waals surface area contributed by atoms with Crippen LogP contribution in [0.1, 0.15) is 102 Å². The first-order chi connectivity index (χ1) is 13.3. The molecule has 1 N–H and O–H groups in total. The molecule has 0 aliphatic rings. The van der Waals surface area contributed by atoms with Crippen molar-refractivity contribution in [1.82, 2.24) is 0 Å². The number of phenolic OH excluding ortho intramolecular Hbond substituents is 1. The molecule has 0 aromatic heterocycles. The molecule has 1 aromatic carbocycles. The summed E-state index contributed by atoms with van der Waals surface area (Å²) in [4.78, 5) is 4.43. The van der Waals surface area contributed by atoms with Crippen LogP contribution < -0.4 is 4.74 Å². The number of para-hydroxylation sites is 1. The summed E-state index contributed by atoms with van der Waals surface area (Å²) in [7, 11) is 1.56. The van der Waals surface area contributed by atoms with Crippen molar-refractivity contribution in [2.24, 2.45) is 4.99 Å². The highest BCUT2D eigenvalue weighted by atomic mass is 16.5. The maximum atomic E-state index is 10.00. The molecule has 3 heteroatoms. The molecular weight excluding hydrogens is 334 g/mol. The molecule has 0 heterocycles. The number of aromatic hydroxyl groups is 1. The van der Waals surface area contributed by atoms with Gasteiger partial charge in [0.25, 0.3) is 0 Å². The number of benzene rings is 1. The van der Waals surface area contributed by atoms with Crippen molar-refractivity contribution >= 4 is 6.21 Å². The van der Waals surface area contributed by atoms with Gasteiger partial charge in [-0.1, -0.05) is 96.5 Å². The Bertz CT molecular complexity index is 499. The minimum Gasteiger partial charge on any atom is -0.504 e. The first-order valence-corrected chi connectivity index (χ1v) is 11.2. The van der Waals surface area contributed by atoms with Crippen LogP contribution in [0.25, 0.3) is 0 Å². The predicted molar refractivity (Wildman–Crippen MR) is 117 cm³/mol. The fraction of sp³-hybridized carbons (Fsp3) is 0.708. The highest BCUT2D eigenvalue weighted by molar-refractivity contribution is 5.84. The average Bonchev–Trinajstić information content (AvgIpc) is 2.68. The Hall–Kier alpha value is -1.51. The highest BCUT2D eigenvalue weighted by Crippen LogP contribution is 2.28. The number of hydrogen-bond acceptors (Lipinski definition) is 3. The average molecular weight is 376 g/mol. The van der Waals surface area contributed by atoms with Gasteiger partial charge >= 0.3 is 0 Å². The van der Waals surface area contributed by atoms with E-state index in [9.17, 15) is 5.11 Å². The summed E-state index contributed by atoms with van der Waals surface area (Å²) in [6.07, 6.45) is 20.9. The number of hydrogen-bond donors (Lipinski definition) is 1. The van der Waals surface area contributed by atoms with Crippen molar-refractivity contribution in [3.8, 4) is 11.5 Å². The SMILES string of the molecule is CCCCCCCCCCCCCCCCN=Cc1cccc(OC)c1O. The lowest BCUT2D eigenvalue weighted by Gasteiger charge is -2.05. The molecule has 0 fully saturated rings. The molecule has 0 saturated carbocycles. The molecule has 1 rings (SSSR count). The van der Waals surface area contributed by atoms with E-state index in [1.54, 1.807) is 19.4 Å². The molecule has 0 saturated heterocycles. The number of unbranched alkanes of at least 4 members (excludes halogenated alkanes) is 13. The predicted octanol–water partition coefficient (Wildman–Crippen LogP) is 7.30. The van der Waals surface area contributed by atoms with E-state index in [2.05, 4.69) is 11.9 Å². The summed E-state index contributed by atoms with van der Waals surface area (Å²) in [6.45, 7) is 3.11. The summed E-state index contributed by atoms with van der Waals surface area (Å²) in [5, 5.41) is 10.00. The van der Waals surface area contributed by atoms with E-state index >= 15 is 0 Å². The van der Waals surface area contributed by atoms with E-state index in [1.165, 1.54) is 83.5 Å². The van der Waals surface area contributed by atoms with Crippen LogP contribution in [0, 0.1) is 0 Å². The third kappa shape index (κ3) is 11.7. The van der Waals surface area contributed by atoms with Gasteiger partial charge in [0.15, 0.2) is 11.5 Å². The molecule has 0 unspecified atom stereocenters. The molecular formula is C24H41NO2. The zero-order valence-electron chi connectivity index (χ0n) is 17.7. The lowest BCUT2D eigenvalue weighted by atomic mass is 10.0. The maximum absolute atomic E-state index is 10.00. The molecule has 0 radical (unpaired) electrons. The van der Waals surface area contributed by atoms with Gasteiger partial charge < -0.3 is 9.84 Å². The standard InChI is InChI=1S/C24H41NO2/c1-3-4-5-6-7-8-9-10-11-12-13-14-15-16-20-25-21-22-18-17-19-23(27-2)24(22)26/h17-19,21,26H,3-16,20H2,1-2H3. The van der Waals surface area contributed by atoms with Crippen LogP contribution in [0.3, 0.4) is 0 Å². The quantitative estimate of drug-likeness (QED) is 0.229. The number of rotatable bonds is 17. The number of nitrogens with zero attached hydrogens (tertiary/aromatic N) is 1. The third-order valence-electron chi connectivity index (χ3n) is 5.12. The Kier molecular flexibility index (Phi) is 14.5. The Balaban J connectivity index is 1.91. The van der Waals surface area contributed by atoms with Crippen LogP contribution in [0.5, 0.6) is 11.5 Å². The van der Waals surface area contributed by atoms with E-state index in [-0.39, 0.29) is 5.75 Å². The Labute approximate surface area is 167 Å². The lowest BCUT2D eigenvalue weighted by Crippen LogP contribution is -1.90. The van der Waals surface area contributed by atoms with Crippen molar-refractivity contribution in [3.05, 3.63) is 23.8 Å². The van der Waals surface area contributed by atoms with Crippen LogP contribution >= 0.6 is 0 Å². The van der Waals surface area contributed by atoms with Gasteiger partial charge in [0, 0.05) is 18.3 Å². The largest absolute Gasteiger partial charge is 0.504 e. The zero-order chi connectivity index (χ0) is 19.6. The molecule has 0 aliphatic carbocycles. The van der Waals surface area contributed by atoms with Gasteiger partial charge in [-0.2, -0.15) is 0 Å². The zero-order valence-corrected chi connectivity index (χ0v) is 17.7. The van der Waals surface area contributed by atoms with Crippen LogP contribution in [0.15, 0.2) is 23.2 Å². The van der Waals surface area contributed by atoms with Crippen molar-refractivity contribution in [3.63, 3.8) is 0 Å². The number of methoxy groups -OCH3 is 1. The number of phenols is 1. The van der Waals surface area contributed by atoms with Gasteiger partial charge in [0.1, 0.15) is 0 Å². The molecule has 0 aliphatic heterocycles. The topological polar surface area (TPSA) is 41.8 Å².